The maximum absolute atomic E-state index is 5.75. The summed E-state index contributed by atoms with van der Waals surface area (Å²) < 4.78 is 0. The number of hydrogen-bond donors (Lipinski definition) is 2. The van der Waals surface area contributed by atoms with Crippen LogP contribution in [0.2, 0.25) is 0 Å². The zero-order valence-electron chi connectivity index (χ0n) is 10.8. The molecule has 2 heteroatoms. The normalized spacial score (nSPS) is 20.4. The van der Waals surface area contributed by atoms with Gasteiger partial charge in [0.1, 0.15) is 0 Å². The van der Waals surface area contributed by atoms with Gasteiger partial charge in [0.2, 0.25) is 0 Å². The van der Waals surface area contributed by atoms with Crippen LogP contribution in [0.3, 0.4) is 0 Å². The standard InChI is InChI=1S/C15H24N2/c1-15(11-5-6-12-15)14(17-16)10-9-13-7-3-2-4-8-13/h2-4,7-8,14,17H,5-6,9-12,16H2,1H3. The fraction of sp³-hybridized carbons (Fsp3) is 0.600. The first-order chi connectivity index (χ1) is 8.24. The largest absolute Gasteiger partial charge is 0.271 e. The zero-order chi connectivity index (χ0) is 12.1. The Morgan fingerprint density at radius 3 is 2.47 bits per heavy atom. The second-order valence-electron chi connectivity index (χ2n) is 5.60. The Bertz CT molecular complexity index is 328. The minimum Gasteiger partial charge on any atom is -0.271 e. The predicted octanol–water partition coefficient (Wildman–Crippen LogP) is 3.03. The van der Waals surface area contributed by atoms with Crippen LogP contribution >= 0.6 is 0 Å². The zero-order valence-corrected chi connectivity index (χ0v) is 10.8. The summed E-state index contributed by atoms with van der Waals surface area (Å²) in [5.74, 6) is 5.75. The van der Waals surface area contributed by atoms with Crippen LogP contribution < -0.4 is 11.3 Å². The molecular weight excluding hydrogens is 208 g/mol. The molecule has 1 aliphatic rings. The summed E-state index contributed by atoms with van der Waals surface area (Å²) in [5.41, 5.74) is 4.87. The Morgan fingerprint density at radius 2 is 1.88 bits per heavy atom. The number of hydrazine groups is 1. The van der Waals surface area contributed by atoms with Crippen molar-refractivity contribution in [1.29, 1.82) is 0 Å². The van der Waals surface area contributed by atoms with Crippen molar-refractivity contribution in [2.45, 2.75) is 51.5 Å². The van der Waals surface area contributed by atoms with E-state index in [0.717, 1.165) is 12.8 Å². The van der Waals surface area contributed by atoms with Crippen LogP contribution in [0.4, 0.5) is 0 Å². The molecule has 1 fully saturated rings. The lowest BCUT2D eigenvalue weighted by Gasteiger charge is -2.33. The lowest BCUT2D eigenvalue weighted by atomic mass is 9.78. The van der Waals surface area contributed by atoms with Gasteiger partial charge in [-0.15, -0.1) is 0 Å². The van der Waals surface area contributed by atoms with Crippen LogP contribution in [-0.4, -0.2) is 6.04 Å². The van der Waals surface area contributed by atoms with E-state index in [1.165, 1.54) is 31.2 Å². The first kappa shape index (κ1) is 12.6. The van der Waals surface area contributed by atoms with E-state index in [-0.39, 0.29) is 0 Å². The molecule has 1 atom stereocenters. The molecule has 3 N–H and O–H groups in total. The third-order valence-corrected chi connectivity index (χ3v) is 4.35. The van der Waals surface area contributed by atoms with Gasteiger partial charge in [0.05, 0.1) is 0 Å². The molecule has 0 amide bonds. The van der Waals surface area contributed by atoms with Crippen molar-refractivity contribution in [3.05, 3.63) is 35.9 Å². The van der Waals surface area contributed by atoms with Gasteiger partial charge < -0.3 is 0 Å². The van der Waals surface area contributed by atoms with Crippen LogP contribution in [0.15, 0.2) is 30.3 Å². The Balaban J connectivity index is 1.92. The minimum absolute atomic E-state index is 0.406. The van der Waals surface area contributed by atoms with Crippen molar-refractivity contribution in [3.8, 4) is 0 Å². The second kappa shape index (κ2) is 5.65. The molecule has 1 unspecified atom stereocenters. The van der Waals surface area contributed by atoms with Crippen LogP contribution in [-0.2, 0) is 6.42 Å². The summed E-state index contributed by atoms with van der Waals surface area (Å²) in [7, 11) is 0. The van der Waals surface area contributed by atoms with Crippen LogP contribution in [0.1, 0.15) is 44.6 Å². The molecule has 0 aromatic heterocycles. The highest BCUT2D eigenvalue weighted by Gasteiger charge is 2.35. The highest BCUT2D eigenvalue weighted by Crippen LogP contribution is 2.41. The number of hydrogen-bond acceptors (Lipinski definition) is 2. The molecule has 2 rings (SSSR count). The maximum atomic E-state index is 5.75. The van der Waals surface area contributed by atoms with Crippen molar-refractivity contribution in [3.63, 3.8) is 0 Å². The summed E-state index contributed by atoms with van der Waals surface area (Å²) in [4.78, 5) is 0. The lowest BCUT2D eigenvalue weighted by Crippen LogP contribution is -2.46. The fourth-order valence-electron chi connectivity index (χ4n) is 3.12. The van der Waals surface area contributed by atoms with Crippen molar-refractivity contribution in [2.75, 3.05) is 0 Å². The summed E-state index contributed by atoms with van der Waals surface area (Å²) in [6.07, 6.45) is 7.61. The summed E-state index contributed by atoms with van der Waals surface area (Å²) in [6.45, 7) is 2.38. The average molecular weight is 232 g/mol. The van der Waals surface area contributed by atoms with Crippen LogP contribution in [0.5, 0.6) is 0 Å². The highest BCUT2D eigenvalue weighted by molar-refractivity contribution is 5.15. The monoisotopic (exact) mass is 232 g/mol. The molecule has 1 aromatic rings. The number of nitrogens with one attached hydrogen (secondary N) is 1. The molecule has 0 heterocycles. The molecular formula is C15H24N2. The fourth-order valence-corrected chi connectivity index (χ4v) is 3.12. The van der Waals surface area contributed by atoms with E-state index in [2.05, 4.69) is 42.7 Å². The summed E-state index contributed by atoms with van der Waals surface area (Å²) in [5, 5.41) is 0. The van der Waals surface area contributed by atoms with Gasteiger partial charge in [0.15, 0.2) is 0 Å². The third-order valence-electron chi connectivity index (χ3n) is 4.35. The van der Waals surface area contributed by atoms with Gasteiger partial charge in [-0.05, 0) is 36.7 Å². The van der Waals surface area contributed by atoms with E-state index in [1.54, 1.807) is 0 Å². The topological polar surface area (TPSA) is 38.0 Å². The number of benzene rings is 1. The van der Waals surface area contributed by atoms with Gasteiger partial charge in [-0.3, -0.25) is 11.3 Å². The quantitative estimate of drug-likeness (QED) is 0.605. The minimum atomic E-state index is 0.406. The van der Waals surface area contributed by atoms with Crippen molar-refractivity contribution >= 4 is 0 Å². The SMILES string of the molecule is CC1(C(CCc2ccccc2)NN)CCCC1. The van der Waals surface area contributed by atoms with Crippen LogP contribution in [0.25, 0.3) is 0 Å². The summed E-state index contributed by atoms with van der Waals surface area (Å²) in [6, 6.07) is 11.1. The van der Waals surface area contributed by atoms with Gasteiger partial charge in [0, 0.05) is 6.04 Å². The molecule has 2 nitrogen and oxygen atoms in total. The first-order valence-electron chi connectivity index (χ1n) is 6.75. The Morgan fingerprint density at radius 1 is 1.24 bits per heavy atom. The molecule has 94 valence electrons. The van der Waals surface area contributed by atoms with Crippen LogP contribution in [0, 0.1) is 5.41 Å². The first-order valence-corrected chi connectivity index (χ1v) is 6.75. The number of rotatable bonds is 5. The average Bonchev–Trinajstić information content (AvgIpc) is 2.79. The lowest BCUT2D eigenvalue weighted by molar-refractivity contribution is 0.211. The summed E-state index contributed by atoms with van der Waals surface area (Å²) >= 11 is 0. The van der Waals surface area contributed by atoms with E-state index >= 15 is 0 Å². The van der Waals surface area contributed by atoms with E-state index in [1.807, 2.05) is 0 Å². The molecule has 1 aromatic carbocycles. The predicted molar refractivity (Wildman–Crippen MR) is 72.4 cm³/mol. The number of nitrogens with two attached hydrogens (primary N) is 1. The molecule has 1 saturated carbocycles. The molecule has 0 saturated heterocycles. The molecule has 0 radical (unpaired) electrons. The van der Waals surface area contributed by atoms with E-state index < -0.39 is 0 Å². The second-order valence-corrected chi connectivity index (χ2v) is 5.60. The Kier molecular flexibility index (Phi) is 4.19. The molecule has 1 aliphatic carbocycles. The molecule has 0 aliphatic heterocycles. The maximum Gasteiger partial charge on any atom is 0.0267 e. The van der Waals surface area contributed by atoms with Gasteiger partial charge in [0.25, 0.3) is 0 Å². The number of aryl methyl sites for hydroxylation is 1. The van der Waals surface area contributed by atoms with Gasteiger partial charge in [-0.2, -0.15) is 0 Å². The Hall–Kier alpha value is -0.860. The molecule has 17 heavy (non-hydrogen) atoms. The molecule has 0 bridgehead atoms. The highest BCUT2D eigenvalue weighted by atomic mass is 15.2. The smallest absolute Gasteiger partial charge is 0.0267 e. The van der Waals surface area contributed by atoms with Gasteiger partial charge >= 0.3 is 0 Å². The van der Waals surface area contributed by atoms with Crippen molar-refractivity contribution in [1.82, 2.24) is 5.43 Å². The molecule has 0 spiro atoms. The van der Waals surface area contributed by atoms with Crippen molar-refractivity contribution in [2.24, 2.45) is 11.3 Å². The Labute approximate surface area is 105 Å². The van der Waals surface area contributed by atoms with E-state index in [4.69, 9.17) is 5.84 Å². The van der Waals surface area contributed by atoms with Gasteiger partial charge in [-0.25, -0.2) is 0 Å². The van der Waals surface area contributed by atoms with E-state index in [0.29, 0.717) is 11.5 Å². The van der Waals surface area contributed by atoms with Gasteiger partial charge in [-0.1, -0.05) is 50.1 Å². The van der Waals surface area contributed by atoms with E-state index in [9.17, 15) is 0 Å². The van der Waals surface area contributed by atoms with Crippen molar-refractivity contribution < 1.29 is 0 Å². The third kappa shape index (κ3) is 3.08.